The van der Waals surface area contributed by atoms with Crippen molar-refractivity contribution < 1.29 is 8.81 Å². The maximum atomic E-state index is 13.0. The van der Waals surface area contributed by atoms with Crippen LogP contribution in [0, 0.1) is 5.82 Å². The van der Waals surface area contributed by atoms with E-state index in [-0.39, 0.29) is 5.82 Å². The lowest BCUT2D eigenvalue weighted by molar-refractivity contribution is 0.181. The van der Waals surface area contributed by atoms with Gasteiger partial charge in [-0.2, -0.15) is 0 Å². The summed E-state index contributed by atoms with van der Waals surface area (Å²) in [6.07, 6.45) is 6.77. The van der Waals surface area contributed by atoms with Crippen molar-refractivity contribution in [3.05, 3.63) is 70.0 Å². The first-order valence-corrected chi connectivity index (χ1v) is 10.2. The summed E-state index contributed by atoms with van der Waals surface area (Å²) in [7, 11) is 2.22. The molecule has 0 bridgehead atoms. The number of nitrogens with zero attached hydrogens (tertiary/aromatic N) is 1. The number of hydrogen-bond donors (Lipinski definition) is 1. The van der Waals surface area contributed by atoms with Crippen LogP contribution in [0.25, 0.3) is 11.1 Å². The Labute approximate surface area is 164 Å². The van der Waals surface area contributed by atoms with E-state index in [0.29, 0.717) is 17.5 Å². The quantitative estimate of drug-likeness (QED) is 0.663. The third-order valence-corrected chi connectivity index (χ3v) is 6.13. The molecule has 2 aromatic carbocycles. The fourth-order valence-electron chi connectivity index (χ4n) is 4.43. The zero-order valence-corrected chi connectivity index (χ0v) is 16.3. The summed E-state index contributed by atoms with van der Waals surface area (Å²) in [5.74, 6) is -0.0259. The highest BCUT2D eigenvalue weighted by Crippen LogP contribution is 2.35. The van der Waals surface area contributed by atoms with Crippen molar-refractivity contribution in [1.29, 1.82) is 0 Å². The van der Waals surface area contributed by atoms with Gasteiger partial charge in [0.05, 0.1) is 5.52 Å². The minimum Gasteiger partial charge on any atom is -0.408 e. The molecule has 1 N–H and O–H groups in total. The number of oxazole rings is 1. The zero-order chi connectivity index (χ0) is 19.5. The molecule has 148 valence electrons. The fraction of sp³-hybridized carbons (Fsp3) is 0.435. The molecule has 4 rings (SSSR count). The molecular weight excluding hydrogens is 355 g/mol. The highest BCUT2D eigenvalue weighted by atomic mass is 19.1. The monoisotopic (exact) mass is 382 g/mol. The Bertz CT molecular complexity index is 968. The second kappa shape index (κ2) is 8.31. The van der Waals surface area contributed by atoms with Gasteiger partial charge in [0.2, 0.25) is 0 Å². The van der Waals surface area contributed by atoms with Crippen molar-refractivity contribution in [2.45, 2.75) is 50.5 Å². The molecule has 0 amide bonds. The Morgan fingerprint density at radius 2 is 1.86 bits per heavy atom. The van der Waals surface area contributed by atoms with E-state index in [1.165, 1.54) is 36.1 Å². The van der Waals surface area contributed by atoms with Gasteiger partial charge in [-0.25, -0.2) is 9.18 Å². The van der Waals surface area contributed by atoms with Crippen molar-refractivity contribution in [2.75, 3.05) is 13.6 Å². The standard InChI is InChI=1S/C23H27FN2O2/c1-26(14-2-3-16-4-9-19(24)10-5-16)20-11-6-17(7-12-20)18-8-13-21-22(15-18)28-23(27)25-21/h4-5,8-10,13,15,17,20H,2-3,6-7,11-12,14H2,1H3,(H,25,27). The van der Waals surface area contributed by atoms with Gasteiger partial charge in [0.25, 0.3) is 0 Å². The molecule has 0 aliphatic heterocycles. The van der Waals surface area contributed by atoms with E-state index < -0.39 is 5.76 Å². The molecule has 1 aromatic heterocycles. The molecule has 4 nitrogen and oxygen atoms in total. The van der Waals surface area contributed by atoms with Crippen LogP contribution < -0.4 is 5.76 Å². The summed E-state index contributed by atoms with van der Waals surface area (Å²) in [6, 6.07) is 13.5. The van der Waals surface area contributed by atoms with Crippen molar-refractivity contribution in [3.63, 3.8) is 0 Å². The summed E-state index contributed by atoms with van der Waals surface area (Å²) >= 11 is 0. The van der Waals surface area contributed by atoms with E-state index in [9.17, 15) is 9.18 Å². The van der Waals surface area contributed by atoms with E-state index in [1.54, 1.807) is 0 Å². The molecule has 1 fully saturated rings. The number of halogens is 1. The summed E-state index contributed by atoms with van der Waals surface area (Å²) in [5, 5.41) is 0. The number of rotatable bonds is 6. The molecule has 0 atom stereocenters. The third kappa shape index (κ3) is 4.36. The molecule has 1 aliphatic carbocycles. The molecule has 0 spiro atoms. The van der Waals surface area contributed by atoms with Gasteiger partial charge in [0.1, 0.15) is 5.82 Å². The van der Waals surface area contributed by atoms with Gasteiger partial charge in [-0.05, 0) is 93.4 Å². The van der Waals surface area contributed by atoms with Crippen LogP contribution in [0.15, 0.2) is 51.7 Å². The smallest absolute Gasteiger partial charge is 0.408 e. The van der Waals surface area contributed by atoms with Gasteiger partial charge in [0.15, 0.2) is 5.58 Å². The van der Waals surface area contributed by atoms with Crippen LogP contribution in [0.2, 0.25) is 0 Å². The Kier molecular flexibility index (Phi) is 5.62. The number of aromatic amines is 1. The lowest BCUT2D eigenvalue weighted by atomic mass is 9.81. The van der Waals surface area contributed by atoms with Gasteiger partial charge in [0, 0.05) is 6.04 Å². The van der Waals surface area contributed by atoms with Crippen LogP contribution in [0.3, 0.4) is 0 Å². The molecule has 1 saturated carbocycles. The molecule has 0 radical (unpaired) electrons. The Balaban J connectivity index is 1.26. The van der Waals surface area contributed by atoms with E-state index in [4.69, 9.17) is 4.42 Å². The topological polar surface area (TPSA) is 49.2 Å². The normalized spacial score (nSPS) is 20.1. The average molecular weight is 382 g/mol. The number of H-pyrrole nitrogens is 1. The highest BCUT2D eigenvalue weighted by molar-refractivity contribution is 5.72. The maximum Gasteiger partial charge on any atom is 0.417 e. The number of aryl methyl sites for hydroxylation is 1. The van der Waals surface area contributed by atoms with Gasteiger partial charge < -0.3 is 9.32 Å². The lowest BCUT2D eigenvalue weighted by Gasteiger charge is -2.35. The van der Waals surface area contributed by atoms with Gasteiger partial charge in [-0.3, -0.25) is 4.98 Å². The van der Waals surface area contributed by atoms with E-state index >= 15 is 0 Å². The zero-order valence-electron chi connectivity index (χ0n) is 16.3. The van der Waals surface area contributed by atoms with E-state index in [0.717, 1.165) is 37.7 Å². The molecule has 1 aliphatic rings. The molecule has 3 aromatic rings. The molecule has 0 saturated heterocycles. The van der Waals surface area contributed by atoms with Gasteiger partial charge >= 0.3 is 5.76 Å². The summed E-state index contributed by atoms with van der Waals surface area (Å²) in [6.45, 7) is 1.06. The van der Waals surface area contributed by atoms with E-state index in [2.05, 4.69) is 23.0 Å². The predicted octanol–water partition coefficient (Wildman–Crippen LogP) is 4.85. The Hall–Kier alpha value is -2.40. The van der Waals surface area contributed by atoms with Crippen LogP contribution in [0.1, 0.15) is 49.1 Å². The third-order valence-electron chi connectivity index (χ3n) is 6.13. The molecule has 5 heteroatoms. The van der Waals surface area contributed by atoms with Crippen LogP contribution >= 0.6 is 0 Å². The van der Waals surface area contributed by atoms with Crippen LogP contribution in [-0.4, -0.2) is 29.5 Å². The Morgan fingerprint density at radius 1 is 1.11 bits per heavy atom. The second-order valence-electron chi connectivity index (χ2n) is 7.99. The SMILES string of the molecule is CN(CCCc1ccc(F)cc1)C1CCC(c2ccc3[nH]c(=O)oc3c2)CC1. The van der Waals surface area contributed by atoms with Crippen LogP contribution in [0.5, 0.6) is 0 Å². The summed E-state index contributed by atoms with van der Waals surface area (Å²) < 4.78 is 18.2. The van der Waals surface area contributed by atoms with Crippen molar-refractivity contribution in [3.8, 4) is 0 Å². The van der Waals surface area contributed by atoms with Gasteiger partial charge in [-0.15, -0.1) is 0 Å². The minimum absolute atomic E-state index is 0.171. The number of aromatic nitrogens is 1. The minimum atomic E-state index is -0.391. The fourth-order valence-corrected chi connectivity index (χ4v) is 4.43. The first kappa shape index (κ1) is 18.9. The largest absolute Gasteiger partial charge is 0.417 e. The molecule has 0 unspecified atom stereocenters. The van der Waals surface area contributed by atoms with Crippen LogP contribution in [0.4, 0.5) is 4.39 Å². The highest BCUT2D eigenvalue weighted by Gasteiger charge is 2.25. The summed E-state index contributed by atoms with van der Waals surface area (Å²) in [5.41, 5.74) is 3.89. The lowest BCUT2D eigenvalue weighted by Crippen LogP contribution is -2.35. The Morgan fingerprint density at radius 3 is 2.61 bits per heavy atom. The van der Waals surface area contributed by atoms with Gasteiger partial charge in [-0.1, -0.05) is 18.2 Å². The number of fused-ring (bicyclic) bond motifs is 1. The predicted molar refractivity (Wildman–Crippen MR) is 109 cm³/mol. The maximum absolute atomic E-state index is 13.0. The first-order valence-electron chi connectivity index (χ1n) is 10.2. The van der Waals surface area contributed by atoms with Crippen molar-refractivity contribution in [1.82, 2.24) is 9.88 Å². The number of hydrogen-bond acceptors (Lipinski definition) is 3. The van der Waals surface area contributed by atoms with Crippen molar-refractivity contribution >= 4 is 11.1 Å². The molecular formula is C23H27FN2O2. The average Bonchev–Trinajstić information content (AvgIpc) is 3.08. The second-order valence-corrected chi connectivity index (χ2v) is 7.99. The summed E-state index contributed by atoms with van der Waals surface area (Å²) in [4.78, 5) is 16.5. The first-order chi connectivity index (χ1) is 13.6. The van der Waals surface area contributed by atoms with Crippen molar-refractivity contribution in [2.24, 2.45) is 0 Å². The van der Waals surface area contributed by atoms with E-state index in [1.807, 2.05) is 24.3 Å². The molecule has 28 heavy (non-hydrogen) atoms. The number of nitrogens with one attached hydrogen (secondary N) is 1. The molecule has 1 heterocycles. The number of benzene rings is 2. The van der Waals surface area contributed by atoms with Crippen LogP contribution in [-0.2, 0) is 6.42 Å².